The van der Waals surface area contributed by atoms with E-state index in [1.807, 2.05) is 11.3 Å². The first-order chi connectivity index (χ1) is 21.8. The van der Waals surface area contributed by atoms with Crippen LogP contribution < -0.4 is 0 Å². The minimum Gasteiger partial charge on any atom is -0.135 e. The van der Waals surface area contributed by atoms with Crippen molar-refractivity contribution >= 4 is 31.5 Å². The van der Waals surface area contributed by atoms with E-state index in [1.165, 1.54) is 70.2 Å². The summed E-state index contributed by atoms with van der Waals surface area (Å²) >= 11 is 1.87. The van der Waals surface area contributed by atoms with Crippen LogP contribution in [0.2, 0.25) is 0 Å². The molecular weight excluding hydrogens is 549 g/mol. The molecule has 0 aliphatic rings. The molecule has 0 saturated heterocycles. The number of benzene rings is 7. The molecule has 0 bridgehead atoms. The average molecular weight is 579 g/mol. The quantitative estimate of drug-likeness (QED) is 0.172. The lowest BCUT2D eigenvalue weighted by Gasteiger charge is -2.20. The minimum absolute atomic E-state index is 0.156. The summed E-state index contributed by atoms with van der Waals surface area (Å²) in [4.78, 5) is 0. The zero-order valence-corrected chi connectivity index (χ0v) is 25.0. The maximum absolute atomic E-state index is 2.35. The highest BCUT2D eigenvalue weighted by Crippen LogP contribution is 2.38. The Bertz CT molecular complexity index is 2170. The van der Waals surface area contributed by atoms with Gasteiger partial charge in [-0.3, -0.25) is 0 Å². The average Bonchev–Trinajstić information content (AvgIpc) is 3.48. The van der Waals surface area contributed by atoms with Crippen molar-refractivity contribution < 1.29 is 0 Å². The van der Waals surface area contributed by atoms with Crippen molar-refractivity contribution in [2.24, 2.45) is 0 Å². The van der Waals surface area contributed by atoms with Crippen molar-refractivity contribution in [2.75, 3.05) is 0 Å². The molecule has 0 amide bonds. The van der Waals surface area contributed by atoms with Gasteiger partial charge in [-0.1, -0.05) is 158 Å². The first kappa shape index (κ1) is 26.4. The highest BCUT2D eigenvalue weighted by atomic mass is 32.1. The Balaban J connectivity index is 1.11. The van der Waals surface area contributed by atoms with Crippen molar-refractivity contribution in [1.82, 2.24) is 0 Å². The molecule has 8 aromatic rings. The van der Waals surface area contributed by atoms with E-state index in [1.54, 1.807) is 0 Å². The Kier molecular flexibility index (Phi) is 6.87. The second kappa shape index (κ2) is 11.4. The highest BCUT2D eigenvalue weighted by molar-refractivity contribution is 7.25. The predicted molar refractivity (Wildman–Crippen MR) is 189 cm³/mol. The summed E-state index contributed by atoms with van der Waals surface area (Å²) < 4.78 is 2.68. The molecule has 1 heteroatoms. The molecule has 0 radical (unpaired) electrons. The lowest BCUT2D eigenvalue weighted by atomic mass is 9.84. The van der Waals surface area contributed by atoms with E-state index in [0.29, 0.717) is 0 Å². The topological polar surface area (TPSA) is 0 Å². The minimum atomic E-state index is 0.156. The molecule has 0 N–H and O–H groups in total. The van der Waals surface area contributed by atoms with Crippen molar-refractivity contribution in [3.8, 4) is 33.4 Å². The van der Waals surface area contributed by atoms with Gasteiger partial charge in [0.05, 0.1) is 0 Å². The summed E-state index contributed by atoms with van der Waals surface area (Å²) in [6.07, 6.45) is 0. The normalized spacial score (nSPS) is 12.0. The van der Waals surface area contributed by atoms with Crippen LogP contribution in [0, 0.1) is 0 Å². The summed E-state index contributed by atoms with van der Waals surface area (Å²) in [5.41, 5.74) is 11.3. The molecule has 0 aliphatic heterocycles. The molecule has 0 spiro atoms. The third-order valence-electron chi connectivity index (χ3n) is 8.66. The van der Waals surface area contributed by atoms with E-state index in [-0.39, 0.29) is 5.92 Å². The van der Waals surface area contributed by atoms with Crippen molar-refractivity contribution in [2.45, 2.75) is 5.92 Å². The van der Waals surface area contributed by atoms with E-state index in [4.69, 9.17) is 0 Å². The molecule has 0 fully saturated rings. The van der Waals surface area contributed by atoms with Crippen molar-refractivity contribution in [3.63, 3.8) is 0 Å². The van der Waals surface area contributed by atoms with Gasteiger partial charge in [0.15, 0.2) is 0 Å². The first-order valence-electron chi connectivity index (χ1n) is 15.1. The van der Waals surface area contributed by atoms with Gasteiger partial charge in [0.2, 0.25) is 0 Å². The second-order valence-electron chi connectivity index (χ2n) is 11.3. The lowest BCUT2D eigenvalue weighted by Crippen LogP contribution is -2.03. The van der Waals surface area contributed by atoms with Crippen LogP contribution in [0.25, 0.3) is 53.6 Å². The van der Waals surface area contributed by atoms with Gasteiger partial charge in [-0.15, -0.1) is 11.3 Å². The zero-order chi connectivity index (χ0) is 29.3. The van der Waals surface area contributed by atoms with Gasteiger partial charge in [0.1, 0.15) is 0 Å². The van der Waals surface area contributed by atoms with Crippen LogP contribution in [0.5, 0.6) is 0 Å². The third-order valence-corrected chi connectivity index (χ3v) is 9.81. The molecule has 0 nitrogen and oxygen atoms in total. The molecule has 1 aromatic heterocycles. The number of hydrogen-bond donors (Lipinski definition) is 0. The number of fused-ring (bicyclic) bond motifs is 3. The Labute approximate surface area is 262 Å². The second-order valence-corrected chi connectivity index (χ2v) is 12.4. The number of hydrogen-bond acceptors (Lipinski definition) is 1. The van der Waals surface area contributed by atoms with E-state index in [9.17, 15) is 0 Å². The molecular formula is C43H30S. The first-order valence-corrected chi connectivity index (χ1v) is 15.9. The number of thiophene rings is 1. The molecule has 208 valence electrons. The van der Waals surface area contributed by atoms with Gasteiger partial charge in [-0.2, -0.15) is 0 Å². The molecule has 1 unspecified atom stereocenters. The Morgan fingerprint density at radius 1 is 0.295 bits per heavy atom. The van der Waals surface area contributed by atoms with Gasteiger partial charge in [-0.25, -0.2) is 0 Å². The smallest absolute Gasteiger partial charge is 0.0355 e. The Morgan fingerprint density at radius 3 is 1.32 bits per heavy atom. The summed E-state index contributed by atoms with van der Waals surface area (Å²) in [5.74, 6) is 0.156. The summed E-state index contributed by atoms with van der Waals surface area (Å²) in [7, 11) is 0. The fourth-order valence-electron chi connectivity index (χ4n) is 6.35. The largest absolute Gasteiger partial charge is 0.135 e. The summed E-state index contributed by atoms with van der Waals surface area (Å²) in [6, 6.07) is 64.1. The molecule has 0 aliphatic carbocycles. The lowest BCUT2D eigenvalue weighted by molar-refractivity contribution is 0.978. The predicted octanol–water partition coefficient (Wildman–Crippen LogP) is 12.2. The third kappa shape index (κ3) is 5.02. The van der Waals surface area contributed by atoms with Gasteiger partial charge in [0, 0.05) is 26.1 Å². The van der Waals surface area contributed by atoms with Gasteiger partial charge in [-0.05, 0) is 68.3 Å². The van der Waals surface area contributed by atoms with Crippen LogP contribution in [0.4, 0.5) is 0 Å². The maximum atomic E-state index is 2.35. The molecule has 44 heavy (non-hydrogen) atoms. The monoisotopic (exact) mass is 578 g/mol. The fraction of sp³-hybridized carbons (Fsp3) is 0.0233. The standard InChI is InChI=1S/C43H30S/c1-3-9-30(10-4-1)31-15-17-32(18-16-31)33-19-23-36(24-20-33)43(35-11-5-2-6-12-35)37-25-21-34(22-26-37)38-27-28-42-40(29-38)39-13-7-8-14-41(39)44-42/h1-29,43H. The zero-order valence-electron chi connectivity index (χ0n) is 24.2. The van der Waals surface area contributed by atoms with Crippen LogP contribution in [-0.2, 0) is 0 Å². The van der Waals surface area contributed by atoms with Crippen LogP contribution in [0.3, 0.4) is 0 Å². The van der Waals surface area contributed by atoms with Gasteiger partial charge in [0.25, 0.3) is 0 Å². The molecule has 8 rings (SSSR count). The highest BCUT2D eigenvalue weighted by Gasteiger charge is 2.17. The molecule has 7 aromatic carbocycles. The summed E-state index contributed by atoms with van der Waals surface area (Å²) in [6.45, 7) is 0. The molecule has 1 atom stereocenters. The van der Waals surface area contributed by atoms with E-state index in [0.717, 1.165) is 0 Å². The van der Waals surface area contributed by atoms with Crippen LogP contribution in [0.1, 0.15) is 22.6 Å². The van der Waals surface area contributed by atoms with Crippen LogP contribution >= 0.6 is 11.3 Å². The van der Waals surface area contributed by atoms with E-state index < -0.39 is 0 Å². The van der Waals surface area contributed by atoms with E-state index in [2.05, 4.69) is 176 Å². The SMILES string of the molecule is c1ccc(-c2ccc(-c3ccc(C(c4ccccc4)c4ccc(-c5ccc6sc7ccccc7c6c5)cc4)cc3)cc2)cc1. The molecule has 0 saturated carbocycles. The Morgan fingerprint density at radius 2 is 0.705 bits per heavy atom. The van der Waals surface area contributed by atoms with Gasteiger partial charge >= 0.3 is 0 Å². The number of rotatable bonds is 6. The maximum Gasteiger partial charge on any atom is 0.0355 e. The summed E-state index contributed by atoms with van der Waals surface area (Å²) in [5, 5.41) is 2.68. The fourth-order valence-corrected chi connectivity index (χ4v) is 7.44. The molecule has 1 heterocycles. The van der Waals surface area contributed by atoms with Crippen molar-refractivity contribution in [1.29, 1.82) is 0 Å². The van der Waals surface area contributed by atoms with Crippen LogP contribution in [-0.4, -0.2) is 0 Å². The van der Waals surface area contributed by atoms with E-state index >= 15 is 0 Å². The van der Waals surface area contributed by atoms with Gasteiger partial charge < -0.3 is 0 Å². The van der Waals surface area contributed by atoms with Crippen molar-refractivity contribution in [3.05, 3.63) is 193 Å². The Hall–Kier alpha value is -5.24. The van der Waals surface area contributed by atoms with Crippen LogP contribution in [0.15, 0.2) is 176 Å².